The number of carbonyl (C=O) groups is 2. The summed E-state index contributed by atoms with van der Waals surface area (Å²) in [6.45, 7) is 2.15. The van der Waals surface area contributed by atoms with Gasteiger partial charge in [0.15, 0.2) is 6.10 Å². The molecule has 0 radical (unpaired) electrons. The SMILES string of the molecule is CC/C=C/C=C/C=C/C=C/CCCCCCCC(=O)O[C@H](COC(=O)CCC/C=C/C/C=C/CCCCCCCCCCC)COP(=O)(O)OC[C@@H](O)CO. The maximum Gasteiger partial charge on any atom is 0.472 e. The lowest BCUT2D eigenvalue weighted by Crippen LogP contribution is -2.29. The second-order valence-corrected chi connectivity index (χ2v) is 15.2. The smallest absolute Gasteiger partial charge is 0.462 e. The summed E-state index contributed by atoms with van der Waals surface area (Å²) in [5.41, 5.74) is 0. The van der Waals surface area contributed by atoms with Gasteiger partial charge in [0.1, 0.15) is 12.7 Å². The summed E-state index contributed by atoms with van der Waals surface area (Å²) in [6.07, 6.45) is 44.5. The van der Waals surface area contributed by atoms with E-state index < -0.39 is 51.8 Å². The van der Waals surface area contributed by atoms with Crippen LogP contribution in [0.5, 0.6) is 0 Å². The number of hydrogen-bond donors (Lipinski definition) is 3. The number of aliphatic hydroxyl groups is 2. The molecule has 0 spiro atoms. The lowest BCUT2D eigenvalue weighted by molar-refractivity contribution is -0.161. The lowest BCUT2D eigenvalue weighted by atomic mass is 10.1. The first kappa shape index (κ1) is 52.4. The Balaban J connectivity index is 4.43. The van der Waals surface area contributed by atoms with E-state index in [9.17, 15) is 24.2 Å². The lowest BCUT2D eigenvalue weighted by Gasteiger charge is -2.20. The number of hydrogen-bond acceptors (Lipinski definition) is 9. The second-order valence-electron chi connectivity index (χ2n) is 13.7. The molecule has 10 nitrogen and oxygen atoms in total. The first-order valence-electron chi connectivity index (χ1n) is 20.9. The van der Waals surface area contributed by atoms with Gasteiger partial charge in [0, 0.05) is 12.8 Å². The van der Waals surface area contributed by atoms with Gasteiger partial charge >= 0.3 is 19.8 Å². The monoisotopic (exact) mass is 795 g/mol. The third-order valence-corrected chi connectivity index (χ3v) is 9.39. The molecule has 3 N–H and O–H groups in total. The van der Waals surface area contributed by atoms with E-state index in [4.69, 9.17) is 19.1 Å². The summed E-state index contributed by atoms with van der Waals surface area (Å²) in [6, 6.07) is 0. The number of esters is 2. The zero-order valence-corrected chi connectivity index (χ0v) is 35.0. The Bertz CT molecular complexity index is 1140. The van der Waals surface area contributed by atoms with Crippen molar-refractivity contribution in [2.24, 2.45) is 0 Å². The summed E-state index contributed by atoms with van der Waals surface area (Å²) in [4.78, 5) is 34.9. The molecule has 1 unspecified atom stereocenters. The molecule has 55 heavy (non-hydrogen) atoms. The minimum Gasteiger partial charge on any atom is -0.462 e. The first-order valence-corrected chi connectivity index (χ1v) is 22.4. The van der Waals surface area contributed by atoms with E-state index in [1.54, 1.807) is 0 Å². The highest BCUT2D eigenvalue weighted by atomic mass is 31.2. The van der Waals surface area contributed by atoms with Gasteiger partial charge in [-0.1, -0.05) is 157 Å². The molecule has 0 aromatic rings. The van der Waals surface area contributed by atoms with Crippen LogP contribution < -0.4 is 0 Å². The number of rotatable bonds is 38. The van der Waals surface area contributed by atoms with E-state index in [0.29, 0.717) is 12.8 Å². The Hall–Kier alpha value is -2.59. The normalized spacial score (nSPS) is 14.6. The van der Waals surface area contributed by atoms with Crippen molar-refractivity contribution in [2.75, 3.05) is 26.4 Å². The number of unbranched alkanes of at least 4 members (excludes halogenated alkanes) is 15. The van der Waals surface area contributed by atoms with Crippen LogP contribution >= 0.6 is 7.82 Å². The number of carbonyl (C=O) groups excluding carboxylic acids is 2. The molecule has 0 aromatic heterocycles. The molecule has 0 saturated heterocycles. The molecule has 0 aliphatic heterocycles. The molecule has 0 aliphatic carbocycles. The predicted octanol–water partition coefficient (Wildman–Crippen LogP) is 10.9. The standard InChI is InChI=1S/C44H75O10P/c1-3-5-7-9-11-13-15-17-19-20-22-23-25-27-29-31-33-35-43(47)51-39-42(40-53-55(49,50)52-38-41(46)37-45)54-44(48)36-34-32-30-28-26-24-21-18-16-14-12-10-8-6-4-2/h6,8,10,12,14,16,18,21-23,27,29,41-42,45-46H,3-5,7,9,11,13,15,17,19-20,24-26,28,30-40H2,1-2H3,(H,49,50)/b8-6+,12-10+,16-14+,21-18+,23-22+,29-27+/t41-,42+/m0/s1. The highest BCUT2D eigenvalue weighted by molar-refractivity contribution is 7.47. The zero-order chi connectivity index (χ0) is 40.5. The van der Waals surface area contributed by atoms with Gasteiger partial charge in [-0.05, 0) is 57.8 Å². The van der Waals surface area contributed by atoms with Crippen LogP contribution in [0.4, 0.5) is 0 Å². The quantitative estimate of drug-likeness (QED) is 0.0181. The van der Waals surface area contributed by atoms with E-state index in [2.05, 4.69) is 48.8 Å². The van der Waals surface area contributed by atoms with Gasteiger partial charge in [0.2, 0.25) is 0 Å². The first-order chi connectivity index (χ1) is 26.7. The Morgan fingerprint density at radius 3 is 1.71 bits per heavy atom. The van der Waals surface area contributed by atoms with Gasteiger partial charge in [-0.15, -0.1) is 0 Å². The van der Waals surface area contributed by atoms with Crippen LogP contribution in [0.3, 0.4) is 0 Å². The Morgan fingerprint density at radius 2 is 1.09 bits per heavy atom. The number of allylic oxidation sites excluding steroid dienone is 12. The van der Waals surface area contributed by atoms with Crippen molar-refractivity contribution in [2.45, 2.75) is 167 Å². The molecule has 316 valence electrons. The summed E-state index contributed by atoms with van der Waals surface area (Å²) < 4.78 is 32.6. The third-order valence-electron chi connectivity index (χ3n) is 8.44. The number of ether oxygens (including phenoxy) is 2. The summed E-state index contributed by atoms with van der Waals surface area (Å²) in [5.74, 6) is -1.01. The van der Waals surface area contributed by atoms with Gasteiger partial charge < -0.3 is 24.6 Å². The third kappa shape index (κ3) is 39.4. The van der Waals surface area contributed by atoms with Crippen LogP contribution in [0.2, 0.25) is 0 Å². The highest BCUT2D eigenvalue weighted by Crippen LogP contribution is 2.43. The summed E-state index contributed by atoms with van der Waals surface area (Å²) in [5, 5.41) is 18.3. The van der Waals surface area contributed by atoms with E-state index in [-0.39, 0.29) is 19.4 Å². The van der Waals surface area contributed by atoms with Gasteiger partial charge in [-0.3, -0.25) is 18.6 Å². The molecule has 3 atom stereocenters. The van der Waals surface area contributed by atoms with Gasteiger partial charge in [0.05, 0.1) is 19.8 Å². The van der Waals surface area contributed by atoms with Crippen LogP contribution in [0.15, 0.2) is 72.9 Å². The minimum absolute atomic E-state index is 0.146. The zero-order valence-electron chi connectivity index (χ0n) is 34.1. The average molecular weight is 795 g/mol. The van der Waals surface area contributed by atoms with Crippen molar-refractivity contribution in [3.8, 4) is 0 Å². The highest BCUT2D eigenvalue weighted by Gasteiger charge is 2.27. The molecule has 0 aromatic carbocycles. The molecule has 0 bridgehead atoms. The fourth-order valence-electron chi connectivity index (χ4n) is 5.22. The maximum atomic E-state index is 12.6. The maximum absolute atomic E-state index is 12.6. The van der Waals surface area contributed by atoms with Gasteiger partial charge in [-0.25, -0.2) is 4.57 Å². The summed E-state index contributed by atoms with van der Waals surface area (Å²) in [7, 11) is -4.64. The van der Waals surface area contributed by atoms with E-state index in [1.807, 2.05) is 42.5 Å². The van der Waals surface area contributed by atoms with Crippen molar-refractivity contribution in [3.05, 3.63) is 72.9 Å². The van der Waals surface area contributed by atoms with Crippen LogP contribution in [0.25, 0.3) is 0 Å². The topological polar surface area (TPSA) is 149 Å². The van der Waals surface area contributed by atoms with E-state index in [0.717, 1.165) is 57.8 Å². The molecule has 11 heteroatoms. The number of phosphoric ester groups is 1. The Kier molecular flexibility index (Phi) is 37.8. The van der Waals surface area contributed by atoms with E-state index >= 15 is 0 Å². The molecule has 0 fully saturated rings. The van der Waals surface area contributed by atoms with Crippen LogP contribution in [-0.4, -0.2) is 65.7 Å². The fourth-order valence-corrected chi connectivity index (χ4v) is 6.01. The van der Waals surface area contributed by atoms with E-state index in [1.165, 1.54) is 57.8 Å². The minimum atomic E-state index is -4.64. The van der Waals surface area contributed by atoms with Crippen molar-refractivity contribution < 1.29 is 47.8 Å². The average Bonchev–Trinajstić information content (AvgIpc) is 3.17. The Morgan fingerprint density at radius 1 is 0.582 bits per heavy atom. The molecular weight excluding hydrogens is 719 g/mol. The second kappa shape index (κ2) is 39.6. The molecule has 0 amide bonds. The van der Waals surface area contributed by atoms with Crippen LogP contribution in [0.1, 0.15) is 155 Å². The van der Waals surface area contributed by atoms with Crippen molar-refractivity contribution in [1.29, 1.82) is 0 Å². The van der Waals surface area contributed by atoms with Gasteiger partial charge in [0.25, 0.3) is 0 Å². The van der Waals surface area contributed by atoms with Crippen molar-refractivity contribution in [3.63, 3.8) is 0 Å². The van der Waals surface area contributed by atoms with Gasteiger partial charge in [-0.2, -0.15) is 0 Å². The van der Waals surface area contributed by atoms with Crippen LogP contribution in [0, 0.1) is 0 Å². The largest absolute Gasteiger partial charge is 0.472 e. The predicted molar refractivity (Wildman–Crippen MR) is 223 cm³/mol. The fraction of sp³-hybridized carbons (Fsp3) is 0.682. The number of phosphoric acid groups is 1. The summed E-state index contributed by atoms with van der Waals surface area (Å²) >= 11 is 0. The van der Waals surface area contributed by atoms with Crippen LogP contribution in [-0.2, 0) is 32.7 Å². The molecule has 0 aliphatic rings. The molecule has 0 rings (SSSR count). The number of aliphatic hydroxyl groups excluding tert-OH is 2. The molecule has 0 heterocycles. The Labute approximate surface area is 333 Å². The molecular formula is C44H75O10P. The molecule has 0 saturated carbocycles. The van der Waals surface area contributed by atoms with Crippen molar-refractivity contribution >= 4 is 19.8 Å². The van der Waals surface area contributed by atoms with Crippen molar-refractivity contribution in [1.82, 2.24) is 0 Å².